The predicted molar refractivity (Wildman–Crippen MR) is 99.5 cm³/mol. The van der Waals surface area contributed by atoms with Gasteiger partial charge >= 0.3 is 0 Å². The standard InChI is InChI=1S/C19H24N4O2/c1-6-19(25)22(12-18-13(3)21-23(7-2)14(18)4)17-10-8-9-16(11-17)20-15(5)24/h6,8-11H,1,7,12H2,2-5H3,(H,20,24). The van der Waals surface area contributed by atoms with Crippen molar-refractivity contribution < 1.29 is 9.59 Å². The van der Waals surface area contributed by atoms with E-state index in [0.29, 0.717) is 17.9 Å². The van der Waals surface area contributed by atoms with Crippen LogP contribution in [0.15, 0.2) is 36.9 Å². The molecule has 1 aromatic heterocycles. The van der Waals surface area contributed by atoms with Gasteiger partial charge in [-0.1, -0.05) is 12.6 Å². The van der Waals surface area contributed by atoms with Gasteiger partial charge < -0.3 is 10.2 Å². The molecule has 25 heavy (non-hydrogen) atoms. The summed E-state index contributed by atoms with van der Waals surface area (Å²) in [5, 5.41) is 7.25. The van der Waals surface area contributed by atoms with E-state index in [-0.39, 0.29) is 11.8 Å². The summed E-state index contributed by atoms with van der Waals surface area (Å²) >= 11 is 0. The second-order valence-electron chi connectivity index (χ2n) is 5.83. The van der Waals surface area contributed by atoms with Crippen molar-refractivity contribution in [3.63, 3.8) is 0 Å². The lowest BCUT2D eigenvalue weighted by atomic mass is 10.1. The minimum Gasteiger partial charge on any atom is -0.326 e. The van der Waals surface area contributed by atoms with Gasteiger partial charge in [-0.25, -0.2) is 0 Å². The molecule has 2 rings (SSSR count). The highest BCUT2D eigenvalue weighted by Crippen LogP contribution is 2.24. The van der Waals surface area contributed by atoms with Crippen molar-refractivity contribution in [1.29, 1.82) is 0 Å². The molecule has 0 atom stereocenters. The van der Waals surface area contributed by atoms with E-state index in [2.05, 4.69) is 17.0 Å². The van der Waals surface area contributed by atoms with Crippen LogP contribution in [0.25, 0.3) is 0 Å². The van der Waals surface area contributed by atoms with E-state index in [0.717, 1.165) is 23.5 Å². The zero-order valence-corrected chi connectivity index (χ0v) is 15.2. The Balaban J connectivity index is 2.41. The fraction of sp³-hybridized carbons (Fsp3) is 0.316. The SMILES string of the molecule is C=CC(=O)N(Cc1c(C)nn(CC)c1C)c1cccc(NC(C)=O)c1. The van der Waals surface area contributed by atoms with Gasteiger partial charge in [-0.2, -0.15) is 5.10 Å². The van der Waals surface area contributed by atoms with Crippen molar-refractivity contribution in [3.8, 4) is 0 Å². The first kappa shape index (κ1) is 18.4. The molecule has 0 unspecified atom stereocenters. The van der Waals surface area contributed by atoms with E-state index in [1.807, 2.05) is 31.5 Å². The minimum absolute atomic E-state index is 0.158. The Kier molecular flexibility index (Phi) is 5.75. The average Bonchev–Trinajstić information content (AvgIpc) is 2.85. The monoisotopic (exact) mass is 340 g/mol. The molecule has 0 saturated carbocycles. The Morgan fingerprint density at radius 1 is 1.36 bits per heavy atom. The van der Waals surface area contributed by atoms with Gasteiger partial charge in [-0.05, 0) is 45.0 Å². The minimum atomic E-state index is -0.206. The molecule has 2 aromatic rings. The fourth-order valence-corrected chi connectivity index (χ4v) is 2.79. The van der Waals surface area contributed by atoms with Gasteiger partial charge in [0.2, 0.25) is 5.91 Å². The molecule has 0 radical (unpaired) electrons. The maximum absolute atomic E-state index is 12.4. The van der Waals surface area contributed by atoms with Crippen LogP contribution < -0.4 is 10.2 Å². The van der Waals surface area contributed by atoms with Crippen LogP contribution in [-0.2, 0) is 22.7 Å². The number of aryl methyl sites for hydroxylation is 2. The largest absolute Gasteiger partial charge is 0.326 e. The molecule has 0 aliphatic rings. The Hall–Kier alpha value is -2.89. The van der Waals surface area contributed by atoms with E-state index in [1.54, 1.807) is 23.1 Å². The van der Waals surface area contributed by atoms with Gasteiger partial charge in [0.1, 0.15) is 0 Å². The maximum Gasteiger partial charge on any atom is 0.250 e. The number of nitrogens with zero attached hydrogens (tertiary/aromatic N) is 3. The number of hydrogen-bond acceptors (Lipinski definition) is 3. The summed E-state index contributed by atoms with van der Waals surface area (Å²) in [7, 11) is 0. The van der Waals surface area contributed by atoms with Crippen LogP contribution in [0.4, 0.5) is 11.4 Å². The Labute approximate surface area is 148 Å². The van der Waals surface area contributed by atoms with E-state index in [9.17, 15) is 9.59 Å². The van der Waals surface area contributed by atoms with Gasteiger partial charge in [0.15, 0.2) is 0 Å². The summed E-state index contributed by atoms with van der Waals surface area (Å²) in [4.78, 5) is 25.4. The van der Waals surface area contributed by atoms with Crippen LogP contribution in [0.3, 0.4) is 0 Å². The van der Waals surface area contributed by atoms with Crippen LogP contribution in [0.1, 0.15) is 30.8 Å². The molecule has 132 valence electrons. The van der Waals surface area contributed by atoms with Crippen LogP contribution >= 0.6 is 0 Å². The maximum atomic E-state index is 12.4. The van der Waals surface area contributed by atoms with Crippen LogP contribution in [0, 0.1) is 13.8 Å². The highest BCUT2D eigenvalue weighted by molar-refractivity contribution is 6.01. The normalized spacial score (nSPS) is 10.4. The van der Waals surface area contributed by atoms with Crippen LogP contribution in [0.5, 0.6) is 0 Å². The molecule has 2 amide bonds. The molecule has 0 aliphatic heterocycles. The molecule has 1 heterocycles. The highest BCUT2D eigenvalue weighted by Gasteiger charge is 2.19. The number of carbonyl (C=O) groups excluding carboxylic acids is 2. The molecule has 0 saturated heterocycles. The van der Waals surface area contributed by atoms with E-state index in [1.165, 1.54) is 13.0 Å². The first-order valence-corrected chi connectivity index (χ1v) is 8.21. The van der Waals surface area contributed by atoms with Crippen molar-refractivity contribution in [3.05, 3.63) is 53.9 Å². The zero-order chi connectivity index (χ0) is 18.6. The number of benzene rings is 1. The number of nitrogens with one attached hydrogen (secondary N) is 1. The molecule has 6 heteroatoms. The fourth-order valence-electron chi connectivity index (χ4n) is 2.79. The van der Waals surface area contributed by atoms with Gasteiger partial charge in [0.05, 0.1) is 12.2 Å². The number of carbonyl (C=O) groups is 2. The third-order valence-corrected chi connectivity index (χ3v) is 4.07. The Morgan fingerprint density at radius 2 is 2.08 bits per heavy atom. The first-order chi connectivity index (χ1) is 11.9. The lowest BCUT2D eigenvalue weighted by molar-refractivity contribution is -0.115. The Bertz CT molecular complexity index is 808. The highest BCUT2D eigenvalue weighted by atomic mass is 16.2. The average molecular weight is 340 g/mol. The van der Waals surface area contributed by atoms with Gasteiger partial charge in [-0.3, -0.25) is 14.3 Å². The van der Waals surface area contributed by atoms with Gasteiger partial charge in [-0.15, -0.1) is 0 Å². The number of aromatic nitrogens is 2. The molecule has 6 nitrogen and oxygen atoms in total. The number of hydrogen-bond donors (Lipinski definition) is 1. The smallest absolute Gasteiger partial charge is 0.250 e. The molecule has 0 aliphatic carbocycles. The van der Waals surface area contributed by atoms with Gasteiger partial charge in [0, 0.05) is 36.1 Å². The lowest BCUT2D eigenvalue weighted by Crippen LogP contribution is -2.29. The molecule has 1 N–H and O–H groups in total. The van der Waals surface area contributed by atoms with Crippen molar-refractivity contribution in [2.45, 2.75) is 40.8 Å². The van der Waals surface area contributed by atoms with Crippen molar-refractivity contribution in [2.24, 2.45) is 0 Å². The van der Waals surface area contributed by atoms with Crippen molar-refractivity contribution in [2.75, 3.05) is 10.2 Å². The first-order valence-electron chi connectivity index (χ1n) is 8.21. The third kappa shape index (κ3) is 4.15. The van der Waals surface area contributed by atoms with Crippen LogP contribution in [-0.4, -0.2) is 21.6 Å². The summed E-state index contributed by atoms with van der Waals surface area (Å²) in [5.41, 5.74) is 4.30. The second kappa shape index (κ2) is 7.79. The number of rotatable bonds is 6. The zero-order valence-electron chi connectivity index (χ0n) is 15.2. The van der Waals surface area contributed by atoms with E-state index in [4.69, 9.17) is 0 Å². The lowest BCUT2D eigenvalue weighted by Gasteiger charge is -2.22. The molecular formula is C19H24N4O2. The number of amides is 2. The molecule has 0 bridgehead atoms. The summed E-state index contributed by atoms with van der Waals surface area (Å²) in [6, 6.07) is 7.20. The topological polar surface area (TPSA) is 67.2 Å². The molecular weight excluding hydrogens is 316 g/mol. The molecule has 0 spiro atoms. The summed E-state index contributed by atoms with van der Waals surface area (Å²) in [6.07, 6.45) is 1.29. The molecule has 1 aromatic carbocycles. The summed E-state index contributed by atoms with van der Waals surface area (Å²) in [5.74, 6) is -0.363. The molecule has 0 fully saturated rings. The summed E-state index contributed by atoms with van der Waals surface area (Å²) in [6.45, 7) is 12.2. The van der Waals surface area contributed by atoms with E-state index < -0.39 is 0 Å². The Morgan fingerprint density at radius 3 is 2.64 bits per heavy atom. The number of anilines is 2. The van der Waals surface area contributed by atoms with Crippen molar-refractivity contribution >= 4 is 23.2 Å². The predicted octanol–water partition coefficient (Wildman–Crippen LogP) is 3.20. The summed E-state index contributed by atoms with van der Waals surface area (Å²) < 4.78 is 1.93. The van der Waals surface area contributed by atoms with Gasteiger partial charge in [0.25, 0.3) is 5.91 Å². The third-order valence-electron chi connectivity index (χ3n) is 4.07. The van der Waals surface area contributed by atoms with Crippen molar-refractivity contribution in [1.82, 2.24) is 9.78 Å². The van der Waals surface area contributed by atoms with Crippen LogP contribution in [0.2, 0.25) is 0 Å². The quantitative estimate of drug-likeness (QED) is 0.821. The second-order valence-corrected chi connectivity index (χ2v) is 5.83. The van der Waals surface area contributed by atoms with E-state index >= 15 is 0 Å².